The first-order valence-corrected chi connectivity index (χ1v) is 8.67. The molecule has 0 radical (unpaired) electrons. The summed E-state index contributed by atoms with van der Waals surface area (Å²) < 4.78 is 50.2. The van der Waals surface area contributed by atoms with E-state index in [0.717, 1.165) is 22.7 Å². The van der Waals surface area contributed by atoms with Crippen LogP contribution in [0.4, 0.5) is 18.9 Å². The highest BCUT2D eigenvalue weighted by atomic mass is 79.9. The molecule has 0 aliphatic heterocycles. The first-order chi connectivity index (χ1) is 13.4. The molecule has 0 unspecified atom stereocenters. The number of aromatic nitrogens is 2. The van der Waals surface area contributed by atoms with Crippen molar-refractivity contribution < 1.29 is 27.4 Å². The Bertz CT molecular complexity index is 964. The Morgan fingerprint density at radius 2 is 1.93 bits per heavy atom. The molecule has 0 spiro atoms. The Hall–Kier alpha value is -3.01. The fraction of sp³-hybridized carbons (Fsp3) is 0.111. The van der Waals surface area contributed by atoms with Crippen molar-refractivity contribution in [2.75, 3.05) is 5.32 Å². The van der Waals surface area contributed by atoms with Crippen LogP contribution in [0.2, 0.25) is 0 Å². The average Bonchev–Trinajstić information content (AvgIpc) is 3.12. The van der Waals surface area contributed by atoms with Crippen molar-refractivity contribution in [1.82, 2.24) is 9.78 Å². The molecule has 1 heterocycles. The van der Waals surface area contributed by atoms with Gasteiger partial charge in [0.25, 0.3) is 5.91 Å². The molecule has 0 aliphatic carbocycles. The van der Waals surface area contributed by atoms with Crippen LogP contribution in [0.15, 0.2) is 59.2 Å². The predicted octanol–water partition coefficient (Wildman–Crippen LogP) is 4.67. The second kappa shape index (κ2) is 8.79. The Morgan fingerprint density at radius 3 is 2.64 bits per heavy atom. The maximum atomic E-state index is 13.2. The zero-order valence-corrected chi connectivity index (χ0v) is 15.7. The predicted molar refractivity (Wildman–Crippen MR) is 98.0 cm³/mol. The minimum absolute atomic E-state index is 0.0201. The van der Waals surface area contributed by atoms with Crippen LogP contribution >= 0.6 is 15.9 Å². The summed E-state index contributed by atoms with van der Waals surface area (Å²) in [6.07, 6.45) is 1.52. The third-order valence-corrected chi connectivity index (χ3v) is 3.99. The zero-order chi connectivity index (χ0) is 20.1. The van der Waals surface area contributed by atoms with Crippen molar-refractivity contribution in [3.8, 4) is 11.5 Å². The van der Waals surface area contributed by atoms with Crippen molar-refractivity contribution in [2.45, 2.75) is 13.3 Å². The van der Waals surface area contributed by atoms with Crippen LogP contribution in [0.3, 0.4) is 0 Å². The highest BCUT2D eigenvalue weighted by Crippen LogP contribution is 2.27. The van der Waals surface area contributed by atoms with Gasteiger partial charge in [0, 0.05) is 16.7 Å². The van der Waals surface area contributed by atoms with Gasteiger partial charge >= 0.3 is 6.61 Å². The number of carbonyl (C=O) groups is 1. The molecular weight excluding hydrogens is 443 g/mol. The summed E-state index contributed by atoms with van der Waals surface area (Å²) >= 11 is 3.32. The van der Waals surface area contributed by atoms with E-state index in [0.29, 0.717) is 5.75 Å². The Kier molecular flexibility index (Phi) is 6.19. The van der Waals surface area contributed by atoms with Crippen LogP contribution in [0.25, 0.3) is 0 Å². The van der Waals surface area contributed by atoms with Gasteiger partial charge in [0.1, 0.15) is 11.6 Å². The SMILES string of the molecule is O=C(Nc1ccc(F)cc1OC(F)F)c1ccn(COc2ccc(Br)cc2)n1. The largest absolute Gasteiger partial charge is 0.471 e. The highest BCUT2D eigenvalue weighted by Gasteiger charge is 2.16. The number of halogens is 4. The van der Waals surface area contributed by atoms with Gasteiger partial charge in [0.2, 0.25) is 0 Å². The first kappa shape index (κ1) is 19.7. The summed E-state index contributed by atoms with van der Waals surface area (Å²) in [5.74, 6) is -1.32. The van der Waals surface area contributed by atoms with Crippen LogP contribution < -0.4 is 14.8 Å². The number of ether oxygens (including phenoxy) is 2. The standard InChI is InChI=1S/C18H13BrF3N3O3/c19-11-1-4-13(5-2-11)27-10-25-8-7-15(24-25)17(26)23-14-6-3-12(20)9-16(14)28-18(21)22/h1-9,18H,10H2,(H,23,26). The molecule has 146 valence electrons. The number of amides is 1. The molecule has 0 saturated carbocycles. The lowest BCUT2D eigenvalue weighted by molar-refractivity contribution is -0.0495. The van der Waals surface area contributed by atoms with Crippen molar-refractivity contribution >= 4 is 27.5 Å². The van der Waals surface area contributed by atoms with E-state index in [2.05, 4.69) is 31.1 Å². The van der Waals surface area contributed by atoms with E-state index < -0.39 is 24.1 Å². The molecule has 0 atom stereocenters. The number of benzene rings is 2. The van der Waals surface area contributed by atoms with Gasteiger partial charge in [-0.15, -0.1) is 0 Å². The van der Waals surface area contributed by atoms with Crippen LogP contribution in [-0.4, -0.2) is 22.3 Å². The molecule has 0 aliphatic rings. The quantitative estimate of drug-likeness (QED) is 0.561. The molecule has 28 heavy (non-hydrogen) atoms. The van der Waals surface area contributed by atoms with Crippen LogP contribution in [0.1, 0.15) is 10.5 Å². The fourth-order valence-electron chi connectivity index (χ4n) is 2.21. The second-order valence-electron chi connectivity index (χ2n) is 5.44. The summed E-state index contributed by atoms with van der Waals surface area (Å²) in [5, 5.41) is 6.42. The maximum absolute atomic E-state index is 13.2. The van der Waals surface area contributed by atoms with E-state index in [1.807, 2.05) is 12.1 Å². The molecule has 10 heteroatoms. The van der Waals surface area contributed by atoms with Gasteiger partial charge in [-0.1, -0.05) is 15.9 Å². The van der Waals surface area contributed by atoms with E-state index >= 15 is 0 Å². The van der Waals surface area contributed by atoms with Gasteiger partial charge in [-0.3, -0.25) is 4.79 Å². The molecule has 0 saturated heterocycles. The summed E-state index contributed by atoms with van der Waals surface area (Å²) in [7, 11) is 0. The number of anilines is 1. The summed E-state index contributed by atoms with van der Waals surface area (Å²) in [6, 6.07) is 11.5. The molecule has 1 aromatic heterocycles. The molecular formula is C18H13BrF3N3O3. The minimum atomic E-state index is -3.16. The molecule has 1 N–H and O–H groups in total. The van der Waals surface area contributed by atoms with Crippen LogP contribution in [0.5, 0.6) is 11.5 Å². The number of hydrogen-bond donors (Lipinski definition) is 1. The monoisotopic (exact) mass is 455 g/mol. The first-order valence-electron chi connectivity index (χ1n) is 7.88. The Labute approximate surface area is 166 Å². The molecule has 3 aromatic rings. The number of alkyl halides is 2. The number of nitrogens with zero attached hydrogens (tertiary/aromatic N) is 2. The molecule has 1 amide bonds. The Balaban J connectivity index is 1.65. The fourth-order valence-corrected chi connectivity index (χ4v) is 2.47. The zero-order valence-electron chi connectivity index (χ0n) is 14.1. The topological polar surface area (TPSA) is 65.4 Å². The van der Waals surface area contributed by atoms with E-state index in [-0.39, 0.29) is 18.1 Å². The van der Waals surface area contributed by atoms with Gasteiger partial charge in [0.05, 0.1) is 5.69 Å². The van der Waals surface area contributed by atoms with Crippen LogP contribution in [0, 0.1) is 5.82 Å². The van der Waals surface area contributed by atoms with Gasteiger partial charge in [0.15, 0.2) is 18.2 Å². The normalized spacial score (nSPS) is 10.8. The summed E-state index contributed by atoms with van der Waals surface area (Å²) in [4.78, 5) is 12.3. The summed E-state index contributed by atoms with van der Waals surface area (Å²) in [6.45, 7) is -3.10. The minimum Gasteiger partial charge on any atom is -0.471 e. The van der Waals surface area contributed by atoms with Gasteiger partial charge in [-0.2, -0.15) is 13.9 Å². The molecule has 6 nitrogen and oxygen atoms in total. The third-order valence-electron chi connectivity index (χ3n) is 3.46. The van der Waals surface area contributed by atoms with E-state index in [1.165, 1.54) is 16.9 Å². The van der Waals surface area contributed by atoms with E-state index in [9.17, 15) is 18.0 Å². The molecule has 2 aromatic carbocycles. The number of rotatable bonds is 7. The van der Waals surface area contributed by atoms with Crippen molar-refractivity contribution in [3.63, 3.8) is 0 Å². The second-order valence-corrected chi connectivity index (χ2v) is 6.36. The smallest absolute Gasteiger partial charge is 0.387 e. The average molecular weight is 456 g/mol. The van der Waals surface area contributed by atoms with Crippen molar-refractivity contribution in [3.05, 3.63) is 70.7 Å². The van der Waals surface area contributed by atoms with Crippen LogP contribution in [-0.2, 0) is 6.73 Å². The van der Waals surface area contributed by atoms with Gasteiger partial charge in [-0.05, 0) is 42.5 Å². The molecule has 3 rings (SSSR count). The number of hydrogen-bond acceptors (Lipinski definition) is 4. The van der Waals surface area contributed by atoms with E-state index in [4.69, 9.17) is 4.74 Å². The molecule has 0 bridgehead atoms. The van der Waals surface area contributed by atoms with Gasteiger partial charge in [-0.25, -0.2) is 9.07 Å². The van der Waals surface area contributed by atoms with Gasteiger partial charge < -0.3 is 14.8 Å². The number of nitrogens with one attached hydrogen (secondary N) is 1. The van der Waals surface area contributed by atoms with Crippen molar-refractivity contribution in [1.29, 1.82) is 0 Å². The van der Waals surface area contributed by atoms with Crippen molar-refractivity contribution in [2.24, 2.45) is 0 Å². The maximum Gasteiger partial charge on any atom is 0.387 e. The highest BCUT2D eigenvalue weighted by molar-refractivity contribution is 9.10. The molecule has 0 fully saturated rings. The number of carbonyl (C=O) groups excluding carboxylic acids is 1. The Morgan fingerprint density at radius 1 is 1.18 bits per heavy atom. The summed E-state index contributed by atoms with van der Waals surface area (Å²) in [5.41, 5.74) is -0.0842. The lowest BCUT2D eigenvalue weighted by Crippen LogP contribution is -2.15. The third kappa shape index (κ3) is 5.26. The lowest BCUT2D eigenvalue weighted by atomic mass is 10.2. The lowest BCUT2D eigenvalue weighted by Gasteiger charge is -2.11. The van der Waals surface area contributed by atoms with E-state index in [1.54, 1.807) is 12.1 Å².